The van der Waals surface area contributed by atoms with Crippen LogP contribution in [0.15, 0.2) is 85.1 Å². The van der Waals surface area contributed by atoms with Crippen LogP contribution in [-0.4, -0.2) is 236 Å². The molecule has 620 valence electrons. The van der Waals surface area contributed by atoms with Crippen LogP contribution in [0.25, 0.3) is 10.9 Å². The number of H-pyrrole nitrogens is 1. The molecule has 12 amide bonds. The molecule has 3 heterocycles. The first-order valence-electron chi connectivity index (χ1n) is 37.5. The molecule has 12 atom stereocenters. The van der Waals surface area contributed by atoms with Crippen LogP contribution >= 0.6 is 0 Å². The molecule has 0 unspecified atom stereocenters. The van der Waals surface area contributed by atoms with Crippen LogP contribution in [-0.2, 0) is 86.4 Å². The lowest BCUT2D eigenvalue weighted by Crippen LogP contribution is -2.60. The molecule has 40 nitrogen and oxygen atoms in total. The highest BCUT2D eigenvalue weighted by Crippen LogP contribution is 2.27. The predicted octanol–water partition coefficient (Wildman–Crippen LogP) is -4.14. The number of rotatable bonds is 45. The summed E-state index contributed by atoms with van der Waals surface area (Å²) in [6.07, 6.45) is -0.129. The smallest absolute Gasteiger partial charge is 0.326 e. The fraction of sp³-hybridized carbons (Fsp3) is 0.500. The van der Waals surface area contributed by atoms with Gasteiger partial charge in [0.2, 0.25) is 70.9 Å². The molecule has 2 aliphatic rings. The van der Waals surface area contributed by atoms with Crippen molar-refractivity contribution in [3.05, 3.63) is 102 Å². The number of nitrogens with two attached hydrogens (primary N) is 5. The number of benzene rings is 3. The normalized spacial score (nSPS) is 16.4. The Kier molecular flexibility index (Phi) is 35.1. The number of aromatic amines is 1. The van der Waals surface area contributed by atoms with E-state index in [1.807, 2.05) is 18.2 Å². The molecule has 2 fully saturated rings. The first-order valence-corrected chi connectivity index (χ1v) is 37.5. The molecule has 2 aliphatic heterocycles. The summed E-state index contributed by atoms with van der Waals surface area (Å²) in [6, 6.07) is 3.41. The molecule has 0 spiro atoms. The summed E-state index contributed by atoms with van der Waals surface area (Å²) in [5, 5.41) is 84.7. The lowest BCUT2D eigenvalue weighted by Gasteiger charge is -2.34. The number of nitrogens with zero attached hydrogens (tertiary/aromatic N) is 2. The highest BCUT2D eigenvalue weighted by atomic mass is 16.4. The number of fused-ring (bicyclic) bond motifs is 1. The molecule has 114 heavy (non-hydrogen) atoms. The van der Waals surface area contributed by atoms with Crippen molar-refractivity contribution in [3.63, 3.8) is 0 Å². The summed E-state index contributed by atoms with van der Waals surface area (Å²) in [4.78, 5) is 201. The molecule has 0 radical (unpaired) electrons. The fourth-order valence-electron chi connectivity index (χ4n) is 13.2. The number of aromatic hydroxyl groups is 1. The van der Waals surface area contributed by atoms with Gasteiger partial charge in [-0.1, -0.05) is 74.5 Å². The Balaban J connectivity index is 1.19. The number of carboxylic acids is 2. The lowest BCUT2D eigenvalue weighted by molar-refractivity contribution is -0.148. The van der Waals surface area contributed by atoms with Gasteiger partial charge in [-0.15, -0.1) is 0 Å². The van der Waals surface area contributed by atoms with Gasteiger partial charge in [0.25, 0.3) is 0 Å². The number of primary amides is 1. The highest BCUT2D eigenvalue weighted by molar-refractivity contribution is 6.01. The Labute approximate surface area is 657 Å². The summed E-state index contributed by atoms with van der Waals surface area (Å²) >= 11 is 0. The third kappa shape index (κ3) is 28.9. The van der Waals surface area contributed by atoms with E-state index in [9.17, 15) is 72.9 Å². The van der Waals surface area contributed by atoms with Crippen molar-refractivity contribution in [2.75, 3.05) is 32.7 Å². The lowest BCUT2D eigenvalue weighted by atomic mass is 10.0. The molecule has 6 rings (SSSR count). The number of para-hydroxylation sites is 1. The minimum absolute atomic E-state index is 0.00583. The van der Waals surface area contributed by atoms with Gasteiger partial charge >= 0.3 is 11.9 Å². The summed E-state index contributed by atoms with van der Waals surface area (Å²) in [6.45, 7) is 4.79. The van der Waals surface area contributed by atoms with Crippen LogP contribution in [0.4, 0.5) is 0 Å². The molecule has 0 saturated carbocycles. The Bertz CT molecular complexity index is 4090. The maximum Gasteiger partial charge on any atom is 0.326 e. The Hall–Kier alpha value is -12.7. The molecule has 4 aromatic rings. The number of phenols is 1. The second kappa shape index (κ2) is 44.4. The first kappa shape index (κ1) is 90.2. The predicted molar refractivity (Wildman–Crippen MR) is 415 cm³/mol. The van der Waals surface area contributed by atoms with Gasteiger partial charge in [-0.3, -0.25) is 78.6 Å². The van der Waals surface area contributed by atoms with Gasteiger partial charge in [-0.2, -0.15) is 0 Å². The third-order valence-corrected chi connectivity index (χ3v) is 19.0. The van der Waals surface area contributed by atoms with Crippen molar-refractivity contribution in [2.24, 2.45) is 34.6 Å². The number of guanidine groups is 3. The van der Waals surface area contributed by atoms with Crippen molar-refractivity contribution in [1.29, 1.82) is 16.2 Å². The van der Waals surface area contributed by atoms with Gasteiger partial charge in [-0.25, -0.2) is 4.79 Å². The zero-order valence-corrected chi connectivity index (χ0v) is 63.8. The van der Waals surface area contributed by atoms with E-state index in [0.29, 0.717) is 16.7 Å². The van der Waals surface area contributed by atoms with E-state index in [4.69, 9.17) is 44.9 Å². The van der Waals surface area contributed by atoms with E-state index >= 15 is 9.59 Å². The number of phenolic OH excluding ortho intramolecular Hbond substituents is 1. The van der Waals surface area contributed by atoms with Crippen molar-refractivity contribution in [3.8, 4) is 5.75 Å². The fourth-order valence-corrected chi connectivity index (χ4v) is 13.2. The number of aromatic nitrogens is 1. The quantitative estimate of drug-likeness (QED) is 0.0114. The maximum atomic E-state index is 15.2. The highest BCUT2D eigenvalue weighted by Gasteiger charge is 2.45. The zero-order valence-electron chi connectivity index (χ0n) is 63.8. The minimum Gasteiger partial charge on any atom is -0.508 e. The third-order valence-electron chi connectivity index (χ3n) is 19.0. The van der Waals surface area contributed by atoms with Crippen molar-refractivity contribution in [1.82, 2.24) is 78.6 Å². The molecular weight excluding hydrogens is 1480 g/mol. The van der Waals surface area contributed by atoms with E-state index < -0.39 is 186 Å². The Morgan fingerprint density at radius 2 is 0.947 bits per heavy atom. The van der Waals surface area contributed by atoms with Gasteiger partial charge in [0.1, 0.15) is 72.2 Å². The summed E-state index contributed by atoms with van der Waals surface area (Å²) in [5.41, 5.74) is 30.8. The van der Waals surface area contributed by atoms with Crippen LogP contribution in [0.1, 0.15) is 121 Å². The molecular formula is C74H107N23O17. The van der Waals surface area contributed by atoms with Crippen LogP contribution in [0.2, 0.25) is 0 Å². The molecule has 0 aliphatic carbocycles. The summed E-state index contributed by atoms with van der Waals surface area (Å²) < 4.78 is 0. The average Bonchev–Trinajstić information content (AvgIpc) is 1.64. The largest absolute Gasteiger partial charge is 0.508 e. The van der Waals surface area contributed by atoms with Crippen LogP contribution in [0.3, 0.4) is 0 Å². The Morgan fingerprint density at radius 3 is 1.52 bits per heavy atom. The first-order chi connectivity index (χ1) is 54.1. The SMILES string of the molecule is CC(C)C[C@H](NC(=O)[C@H](CCCNC(=N)N)NC(=O)[C@@H]1CCCN1C(=O)[C@@H]1CCCN1C(=O)[C@H](CCCNC(=N)N)NC(=O)[C@H](CCCNC(=N)N)NC(=O)[C@H](Cc1ccc(O)cc1)NC(=O)[C@H](CC(=O)O)NC(=O)[C@@H](N)Cc1c[nH]c2ccccc12)C(=O)N[C@@H](C)C(=O)N[C@@H](CC(N)=O)C(=O)N[C@@H](Cc1ccccc1)C(=O)O. The van der Waals surface area contributed by atoms with Gasteiger partial charge < -0.3 is 123 Å². The second-order valence-electron chi connectivity index (χ2n) is 28.5. The van der Waals surface area contributed by atoms with Crippen LogP contribution < -0.4 is 92.5 Å². The average molecular weight is 1590 g/mol. The minimum atomic E-state index is -1.81. The van der Waals surface area contributed by atoms with Crippen LogP contribution in [0.5, 0.6) is 5.75 Å². The van der Waals surface area contributed by atoms with E-state index in [1.54, 1.807) is 56.4 Å². The standard InChI is InChI=1S/C74H107N23O17/c1-39(2)32-51(64(106)87-40(3)60(102)91-53(36-58(76)99)66(108)95-55(71(113)114)34-41-14-5-4-6-15-41)93-63(105)49(19-10-28-84-73(79)80)89-68(110)56-21-12-30-96(56)70(112)57-22-13-31-97(57)69(111)50(20-11-29-85-74(81)82)90-62(104)48(18-9-27-83-72(77)78)88-65(107)52(33-42-23-25-44(98)26-24-42)94-67(109)54(37-59(100)101)92-61(103)46(75)35-43-38-86-47-17-8-7-16-45(43)47/h4-8,14-17,23-26,38-40,46,48-57,86,98H,9-13,18-22,27-37,75H2,1-3H3,(H2,76,99)(H,87,106)(H,88,107)(H,89,110)(H,90,104)(H,91,102)(H,92,103)(H,93,105)(H,94,109)(H,95,108)(H,100,101)(H,113,114)(H4,77,78,83)(H4,79,80,84)(H4,81,82,85)/t40-,46-,48-,49-,50-,51-,52-,53-,54-,55-,56-,57-/m0/s1. The van der Waals surface area contributed by atoms with Crippen molar-refractivity contribution < 1.29 is 82.4 Å². The summed E-state index contributed by atoms with van der Waals surface area (Å²) in [7, 11) is 0. The van der Waals surface area contributed by atoms with E-state index in [2.05, 4.69) is 68.8 Å². The number of likely N-dealkylation sites (tertiary alicyclic amines) is 2. The van der Waals surface area contributed by atoms with Gasteiger partial charge in [0.05, 0.1) is 18.9 Å². The van der Waals surface area contributed by atoms with Crippen molar-refractivity contribution >= 4 is 112 Å². The van der Waals surface area contributed by atoms with Gasteiger partial charge in [0, 0.05) is 62.7 Å². The molecule has 29 N–H and O–H groups in total. The Morgan fingerprint density at radius 1 is 0.491 bits per heavy atom. The maximum absolute atomic E-state index is 15.2. The van der Waals surface area contributed by atoms with E-state index in [0.717, 1.165) is 10.9 Å². The number of aliphatic carboxylic acids is 2. The van der Waals surface area contributed by atoms with Crippen LogP contribution in [0, 0.1) is 22.1 Å². The van der Waals surface area contributed by atoms with Gasteiger partial charge in [0.15, 0.2) is 17.9 Å². The monoisotopic (exact) mass is 1590 g/mol. The number of hydrogen-bond acceptors (Lipinski definition) is 19. The second-order valence-corrected chi connectivity index (χ2v) is 28.5. The zero-order chi connectivity index (χ0) is 83.9. The number of amides is 12. The topological polar surface area (TPSA) is 668 Å². The number of carbonyl (C=O) groups excluding carboxylic acids is 12. The van der Waals surface area contributed by atoms with Crippen molar-refractivity contribution in [2.45, 2.75) is 196 Å². The number of hydrogen-bond donors (Lipinski definition) is 24. The molecule has 40 heteroatoms. The molecule has 2 saturated heterocycles. The number of carboxylic acid groups (broad SMARTS) is 2. The summed E-state index contributed by atoms with van der Waals surface area (Å²) in [5.74, 6) is -15.6. The van der Waals surface area contributed by atoms with E-state index in [-0.39, 0.29) is 134 Å². The molecule has 0 bridgehead atoms. The van der Waals surface area contributed by atoms with Gasteiger partial charge in [-0.05, 0) is 125 Å². The number of carbonyl (C=O) groups is 14. The molecule has 1 aromatic heterocycles. The van der Waals surface area contributed by atoms with E-state index in [1.165, 1.54) is 41.0 Å². The molecule has 3 aromatic carbocycles. The number of nitrogens with one attached hydrogen (secondary N) is 16.